The molecule has 0 unspecified atom stereocenters. The highest BCUT2D eigenvalue weighted by Crippen LogP contribution is 1.99. The second-order valence-corrected chi connectivity index (χ2v) is 2.41. The second kappa shape index (κ2) is 4.65. The van der Waals surface area contributed by atoms with E-state index in [1.54, 1.807) is 30.9 Å². The van der Waals surface area contributed by atoms with Crippen molar-refractivity contribution in [2.45, 2.75) is 0 Å². The molecule has 0 saturated carbocycles. The number of nitrogens with zero attached hydrogens (tertiary/aromatic N) is 7. The van der Waals surface area contributed by atoms with E-state index in [-0.39, 0.29) is 0 Å². The minimum absolute atomic E-state index is 0.741. The fourth-order valence-corrected chi connectivity index (χ4v) is 0.827. The molecule has 8 heteroatoms. The Kier molecular flexibility index (Phi) is 2.81. The van der Waals surface area contributed by atoms with E-state index in [9.17, 15) is 0 Å². The van der Waals surface area contributed by atoms with Gasteiger partial charge in [-0.2, -0.15) is 5.10 Å². The summed E-state index contributed by atoms with van der Waals surface area (Å²) in [6.45, 7) is 0. The summed E-state index contributed by atoms with van der Waals surface area (Å²) in [6, 6.07) is 1.72. The molecule has 3 heterocycles. The van der Waals surface area contributed by atoms with E-state index in [2.05, 4.69) is 41.0 Å². The summed E-state index contributed by atoms with van der Waals surface area (Å²) in [7, 11) is 0. The molecular weight excluding hydrogens is 196 g/mol. The van der Waals surface area contributed by atoms with Gasteiger partial charge in [0, 0.05) is 0 Å². The number of nitrogens with one attached hydrogen (secondary N) is 1. The molecule has 0 fully saturated rings. The molecule has 0 spiro atoms. The molecule has 15 heavy (non-hydrogen) atoms. The molecule has 0 aliphatic carbocycles. The van der Waals surface area contributed by atoms with Crippen molar-refractivity contribution >= 4 is 11.0 Å². The van der Waals surface area contributed by atoms with Gasteiger partial charge in [0.15, 0.2) is 0 Å². The quantitative estimate of drug-likeness (QED) is 0.529. The van der Waals surface area contributed by atoms with Crippen LogP contribution in [0.5, 0.6) is 0 Å². The number of hydrogen-bond acceptors (Lipinski definition) is 7. The first-order valence-corrected chi connectivity index (χ1v) is 4.02. The van der Waals surface area contributed by atoms with Crippen LogP contribution < -0.4 is 0 Å². The van der Waals surface area contributed by atoms with Crippen LogP contribution in [0.2, 0.25) is 0 Å². The first kappa shape index (κ1) is 9.06. The summed E-state index contributed by atoms with van der Waals surface area (Å²) in [5, 5.41) is 27.2. The average molecular weight is 202 g/mol. The second-order valence-electron chi connectivity index (χ2n) is 2.41. The highest BCUT2D eigenvalue weighted by Gasteiger charge is 1.92. The Labute approximate surface area is 83.8 Å². The van der Waals surface area contributed by atoms with Crippen molar-refractivity contribution in [3.05, 3.63) is 30.9 Å². The summed E-state index contributed by atoms with van der Waals surface area (Å²) in [4.78, 5) is 0. The van der Waals surface area contributed by atoms with Gasteiger partial charge in [0.25, 0.3) is 0 Å². The monoisotopic (exact) mass is 202 g/mol. The molecule has 3 aromatic heterocycles. The van der Waals surface area contributed by atoms with E-state index in [1.807, 2.05) is 0 Å². The van der Waals surface area contributed by atoms with Gasteiger partial charge in [0.1, 0.15) is 11.0 Å². The van der Waals surface area contributed by atoms with Gasteiger partial charge in [-0.15, -0.1) is 20.4 Å². The number of rotatable bonds is 0. The molecule has 74 valence electrons. The van der Waals surface area contributed by atoms with Crippen LogP contribution in [0.4, 0.5) is 0 Å². The zero-order valence-corrected chi connectivity index (χ0v) is 7.52. The normalized spacial score (nSPS) is 9.33. The Balaban J connectivity index is 0.000000124. The molecule has 0 aliphatic rings. The van der Waals surface area contributed by atoms with Crippen molar-refractivity contribution in [3.63, 3.8) is 0 Å². The highest BCUT2D eigenvalue weighted by atomic mass is 15.3. The fraction of sp³-hybridized carbons (Fsp3) is 0. The van der Waals surface area contributed by atoms with Crippen molar-refractivity contribution in [3.8, 4) is 0 Å². The number of fused-ring (bicyclic) bond motifs is 1. The van der Waals surface area contributed by atoms with Gasteiger partial charge < -0.3 is 0 Å². The van der Waals surface area contributed by atoms with Crippen LogP contribution >= 0.6 is 0 Å². The van der Waals surface area contributed by atoms with Crippen LogP contribution in [0.3, 0.4) is 0 Å². The lowest BCUT2D eigenvalue weighted by molar-refractivity contribution is 0.865. The van der Waals surface area contributed by atoms with Crippen molar-refractivity contribution in [1.82, 2.24) is 41.0 Å². The topological polar surface area (TPSA) is 106 Å². The van der Waals surface area contributed by atoms with Crippen LogP contribution in [-0.4, -0.2) is 41.0 Å². The van der Waals surface area contributed by atoms with Crippen molar-refractivity contribution in [2.75, 3.05) is 0 Å². The first-order chi connectivity index (χ1) is 7.47. The van der Waals surface area contributed by atoms with Crippen LogP contribution in [0.1, 0.15) is 0 Å². The molecule has 0 amide bonds. The smallest absolute Gasteiger partial charge is 0.134 e. The van der Waals surface area contributed by atoms with Crippen molar-refractivity contribution in [1.29, 1.82) is 0 Å². The lowest BCUT2D eigenvalue weighted by Gasteiger charge is -1.78. The van der Waals surface area contributed by atoms with Crippen LogP contribution in [0.25, 0.3) is 11.0 Å². The molecule has 0 bridgehead atoms. The summed E-state index contributed by atoms with van der Waals surface area (Å²) in [5.74, 6) is 0. The largest absolute Gasteiger partial charge is 0.274 e. The molecule has 0 aromatic carbocycles. The average Bonchev–Trinajstić information content (AvgIpc) is 2.80. The SMILES string of the molecule is c1cnnnc1.c1n[nH]c2cnnnc12. The number of aromatic amines is 1. The zero-order valence-electron chi connectivity index (χ0n) is 7.52. The predicted molar refractivity (Wildman–Crippen MR) is 49.3 cm³/mol. The lowest BCUT2D eigenvalue weighted by Crippen LogP contribution is -1.83. The fourth-order valence-electron chi connectivity index (χ4n) is 0.827. The minimum atomic E-state index is 0.741. The Hall–Kier alpha value is -2.51. The molecule has 3 aromatic rings. The Morgan fingerprint density at radius 3 is 2.40 bits per heavy atom. The van der Waals surface area contributed by atoms with Gasteiger partial charge in [0.2, 0.25) is 0 Å². The van der Waals surface area contributed by atoms with E-state index in [4.69, 9.17) is 0 Å². The minimum Gasteiger partial charge on any atom is -0.274 e. The van der Waals surface area contributed by atoms with Gasteiger partial charge >= 0.3 is 0 Å². The number of aromatic nitrogens is 8. The maximum atomic E-state index is 3.73. The summed E-state index contributed by atoms with van der Waals surface area (Å²) < 4.78 is 0. The van der Waals surface area contributed by atoms with Gasteiger partial charge in [0.05, 0.1) is 24.8 Å². The van der Waals surface area contributed by atoms with E-state index >= 15 is 0 Å². The zero-order chi connectivity index (χ0) is 10.3. The molecule has 0 aliphatic heterocycles. The Morgan fingerprint density at radius 2 is 1.80 bits per heavy atom. The molecule has 0 radical (unpaired) electrons. The van der Waals surface area contributed by atoms with Gasteiger partial charge in [-0.25, -0.2) is 0 Å². The van der Waals surface area contributed by atoms with E-state index in [1.165, 1.54) is 0 Å². The third kappa shape index (κ3) is 2.46. The molecule has 0 saturated heterocycles. The third-order valence-electron chi connectivity index (χ3n) is 1.45. The van der Waals surface area contributed by atoms with Crippen LogP contribution in [0.15, 0.2) is 30.9 Å². The Morgan fingerprint density at radius 1 is 0.933 bits per heavy atom. The molecule has 1 N–H and O–H groups in total. The van der Waals surface area contributed by atoms with Crippen LogP contribution in [0, 0.1) is 0 Å². The predicted octanol–water partition coefficient (Wildman–Crippen LogP) is -0.381. The van der Waals surface area contributed by atoms with Crippen LogP contribution in [-0.2, 0) is 0 Å². The molecular formula is C7H6N8. The number of H-pyrrole nitrogens is 1. The summed E-state index contributed by atoms with van der Waals surface area (Å²) in [6.07, 6.45) is 6.33. The maximum Gasteiger partial charge on any atom is 0.134 e. The van der Waals surface area contributed by atoms with Crippen molar-refractivity contribution in [2.24, 2.45) is 0 Å². The van der Waals surface area contributed by atoms with E-state index in [0.717, 1.165) is 11.0 Å². The maximum absolute atomic E-state index is 3.73. The molecule has 3 rings (SSSR count). The molecule has 0 atom stereocenters. The lowest BCUT2D eigenvalue weighted by atomic mass is 10.5. The summed E-state index contributed by atoms with van der Waals surface area (Å²) >= 11 is 0. The van der Waals surface area contributed by atoms with E-state index < -0.39 is 0 Å². The Bertz CT molecular complexity index is 449. The van der Waals surface area contributed by atoms with Gasteiger partial charge in [-0.05, 0) is 16.5 Å². The first-order valence-electron chi connectivity index (χ1n) is 4.02. The van der Waals surface area contributed by atoms with Gasteiger partial charge in [-0.1, -0.05) is 0 Å². The number of hydrogen-bond donors (Lipinski definition) is 1. The molecule has 8 nitrogen and oxygen atoms in total. The standard InChI is InChI=1S/C4H3N5.C3H3N3/c1-4-3(7-5-1)2-6-9-8-4;1-2-4-6-5-3-1/h1-2H,(H,5,7);1-3H. The highest BCUT2D eigenvalue weighted by molar-refractivity contribution is 5.70. The summed E-state index contributed by atoms with van der Waals surface area (Å²) in [5.41, 5.74) is 1.55. The van der Waals surface area contributed by atoms with Crippen molar-refractivity contribution < 1.29 is 0 Å². The van der Waals surface area contributed by atoms with Gasteiger partial charge in [-0.3, -0.25) is 5.10 Å². The third-order valence-corrected chi connectivity index (χ3v) is 1.45. The van der Waals surface area contributed by atoms with E-state index in [0.29, 0.717) is 0 Å².